The van der Waals surface area contributed by atoms with Gasteiger partial charge in [-0.15, -0.1) is 0 Å². The van der Waals surface area contributed by atoms with E-state index in [1.807, 2.05) is 12.1 Å². The number of hydrogen-bond acceptors (Lipinski definition) is 4. The summed E-state index contributed by atoms with van der Waals surface area (Å²) in [6.45, 7) is 15.7. The molecule has 0 radical (unpaired) electrons. The van der Waals surface area contributed by atoms with Crippen LogP contribution in [0.25, 0.3) is 17.7 Å². The molecule has 0 spiro atoms. The molecule has 2 aromatic rings. The van der Waals surface area contributed by atoms with Crippen molar-refractivity contribution < 1.29 is 18.7 Å². The summed E-state index contributed by atoms with van der Waals surface area (Å²) in [4.78, 5) is 11.8. The number of carbonyl (C=O) groups is 1. The predicted molar refractivity (Wildman–Crippen MR) is 137 cm³/mol. The molecule has 4 rings (SSSR count). The summed E-state index contributed by atoms with van der Waals surface area (Å²) in [6, 6.07) is 12.5. The van der Waals surface area contributed by atoms with E-state index in [-0.39, 0.29) is 23.2 Å². The quantitative estimate of drug-likeness (QED) is 0.274. The largest absolute Gasteiger partial charge is 0.482 e. The molecule has 1 aliphatic carbocycles. The van der Waals surface area contributed by atoms with E-state index in [1.165, 1.54) is 22.8 Å². The average molecular weight is 463 g/mol. The van der Waals surface area contributed by atoms with Gasteiger partial charge in [-0.2, -0.15) is 0 Å². The number of aryl methyl sites for hydroxylation is 1. The molecule has 0 fully saturated rings. The monoisotopic (exact) mass is 462 g/mol. The molecule has 0 aromatic heterocycles. The smallest absolute Gasteiger partial charge is 0.330 e. The van der Waals surface area contributed by atoms with Gasteiger partial charge in [-0.3, -0.25) is 0 Å². The van der Waals surface area contributed by atoms with Crippen LogP contribution in [-0.2, 0) is 14.0 Å². The van der Waals surface area contributed by atoms with Crippen molar-refractivity contribution in [1.29, 1.82) is 0 Å². The molecule has 0 bridgehead atoms. The Kier molecular flexibility index (Phi) is 6.14. The molecule has 2 aliphatic rings. The van der Waals surface area contributed by atoms with Gasteiger partial charge in [-0.1, -0.05) is 45.0 Å². The molecule has 5 heteroatoms. The van der Waals surface area contributed by atoms with Gasteiger partial charge in [-0.25, -0.2) is 4.79 Å². The fraction of sp³-hybridized carbons (Fsp3) is 0.393. The molecule has 1 heterocycles. The lowest BCUT2D eigenvalue weighted by Gasteiger charge is -2.42. The van der Waals surface area contributed by atoms with Crippen LogP contribution in [0.4, 0.5) is 0 Å². The Morgan fingerprint density at radius 2 is 1.94 bits per heavy atom. The highest BCUT2D eigenvalue weighted by molar-refractivity contribution is 6.74. The molecular weight excluding hydrogens is 428 g/mol. The van der Waals surface area contributed by atoms with E-state index in [0.29, 0.717) is 6.61 Å². The summed E-state index contributed by atoms with van der Waals surface area (Å²) >= 11 is 0. The first-order chi connectivity index (χ1) is 15.5. The summed E-state index contributed by atoms with van der Waals surface area (Å²) in [5.41, 5.74) is 6.78. The summed E-state index contributed by atoms with van der Waals surface area (Å²) in [5.74, 6) is 0.519. The number of benzene rings is 2. The number of rotatable bonds is 5. The second kappa shape index (κ2) is 8.62. The molecule has 174 valence electrons. The predicted octanol–water partition coefficient (Wildman–Crippen LogP) is 6.95. The molecule has 4 nitrogen and oxygen atoms in total. The standard InChI is InChI=1S/C28H34O4Si/c1-8-30-25(29)15-13-19-12-14-24-22(16-19)23-17-21-18(2)10-9-11-20(21)27(26(23)31-24)32-33(6,7)28(3,4)5/h9-17,26-27H,8H2,1-7H3/b15-13+/t26-,27-/m1/s1. The Morgan fingerprint density at radius 3 is 2.64 bits per heavy atom. The normalized spacial score (nSPS) is 19.4. The molecule has 0 N–H and O–H groups in total. The number of ether oxygens (including phenoxy) is 2. The van der Waals surface area contributed by atoms with Crippen molar-refractivity contribution in [3.8, 4) is 5.75 Å². The lowest BCUT2D eigenvalue weighted by molar-refractivity contribution is -0.137. The number of hydrogen-bond donors (Lipinski definition) is 0. The minimum Gasteiger partial charge on any atom is -0.482 e. The van der Waals surface area contributed by atoms with E-state index < -0.39 is 8.32 Å². The van der Waals surface area contributed by atoms with Crippen molar-refractivity contribution >= 4 is 32.0 Å². The lowest BCUT2D eigenvalue weighted by Crippen LogP contribution is -2.45. The second-order valence-electron chi connectivity index (χ2n) is 10.4. The van der Waals surface area contributed by atoms with Crippen LogP contribution in [0.1, 0.15) is 61.6 Å². The molecule has 1 aliphatic heterocycles. The van der Waals surface area contributed by atoms with Crippen molar-refractivity contribution in [2.75, 3.05) is 6.61 Å². The fourth-order valence-corrected chi connectivity index (χ4v) is 5.40. The van der Waals surface area contributed by atoms with Gasteiger partial charge in [0.15, 0.2) is 14.4 Å². The number of carbonyl (C=O) groups excluding carboxylic acids is 1. The zero-order valence-electron chi connectivity index (χ0n) is 20.7. The maximum Gasteiger partial charge on any atom is 0.330 e. The Hall–Kier alpha value is -2.63. The van der Waals surface area contributed by atoms with E-state index in [4.69, 9.17) is 13.9 Å². The van der Waals surface area contributed by atoms with Gasteiger partial charge in [0.05, 0.1) is 6.61 Å². The molecule has 0 amide bonds. The maximum atomic E-state index is 11.8. The fourth-order valence-electron chi connectivity index (χ4n) is 4.16. The van der Waals surface area contributed by atoms with Crippen LogP contribution < -0.4 is 4.74 Å². The maximum absolute atomic E-state index is 11.8. The van der Waals surface area contributed by atoms with Crippen LogP contribution in [0, 0.1) is 6.92 Å². The van der Waals surface area contributed by atoms with Gasteiger partial charge in [0.1, 0.15) is 11.9 Å². The van der Waals surface area contributed by atoms with E-state index >= 15 is 0 Å². The average Bonchev–Trinajstić information content (AvgIpc) is 3.10. The summed E-state index contributed by atoms with van der Waals surface area (Å²) in [6.07, 6.45) is 5.17. The molecule has 2 atom stereocenters. The zero-order valence-corrected chi connectivity index (χ0v) is 21.7. The molecular formula is C28H34O4Si. The van der Waals surface area contributed by atoms with Crippen LogP contribution in [0.3, 0.4) is 0 Å². The molecule has 0 saturated carbocycles. The first-order valence-electron chi connectivity index (χ1n) is 11.7. The van der Waals surface area contributed by atoms with Crippen LogP contribution >= 0.6 is 0 Å². The van der Waals surface area contributed by atoms with Crippen molar-refractivity contribution in [3.63, 3.8) is 0 Å². The van der Waals surface area contributed by atoms with Crippen molar-refractivity contribution in [1.82, 2.24) is 0 Å². The first kappa shape index (κ1) is 23.5. The van der Waals surface area contributed by atoms with Gasteiger partial charge >= 0.3 is 5.97 Å². The highest BCUT2D eigenvalue weighted by Crippen LogP contribution is 2.51. The molecule has 0 saturated heterocycles. The van der Waals surface area contributed by atoms with Crippen LogP contribution in [0.2, 0.25) is 18.1 Å². The Labute approximate surface area is 198 Å². The third-order valence-electron chi connectivity index (χ3n) is 7.04. The first-order valence-corrected chi connectivity index (χ1v) is 14.6. The highest BCUT2D eigenvalue weighted by atomic mass is 28.4. The Balaban J connectivity index is 1.76. The van der Waals surface area contributed by atoms with Gasteiger partial charge in [-0.05, 0) is 78.5 Å². The third kappa shape index (κ3) is 4.44. The van der Waals surface area contributed by atoms with Gasteiger partial charge in [0.2, 0.25) is 0 Å². The van der Waals surface area contributed by atoms with Crippen LogP contribution in [-0.4, -0.2) is 27.0 Å². The second-order valence-corrected chi connectivity index (χ2v) is 15.1. The topological polar surface area (TPSA) is 44.8 Å². The minimum atomic E-state index is -2.06. The minimum absolute atomic E-state index is 0.0921. The van der Waals surface area contributed by atoms with Crippen molar-refractivity contribution in [3.05, 3.63) is 70.3 Å². The summed E-state index contributed by atoms with van der Waals surface area (Å²) in [5, 5.41) is 0.0921. The third-order valence-corrected chi connectivity index (χ3v) is 11.5. The zero-order chi connectivity index (χ0) is 24.0. The highest BCUT2D eigenvalue weighted by Gasteiger charge is 2.46. The van der Waals surface area contributed by atoms with Crippen LogP contribution in [0.15, 0.2) is 42.5 Å². The molecule has 2 aromatic carbocycles. The van der Waals surface area contributed by atoms with E-state index in [1.54, 1.807) is 13.0 Å². The lowest BCUT2D eigenvalue weighted by atomic mass is 9.84. The summed E-state index contributed by atoms with van der Waals surface area (Å²) < 4.78 is 18.5. The van der Waals surface area contributed by atoms with Crippen molar-refractivity contribution in [2.24, 2.45) is 0 Å². The Bertz CT molecular complexity index is 1140. The van der Waals surface area contributed by atoms with Gasteiger partial charge in [0.25, 0.3) is 0 Å². The van der Waals surface area contributed by atoms with Crippen molar-refractivity contribution in [2.45, 2.75) is 65.0 Å². The van der Waals surface area contributed by atoms with Crippen LogP contribution in [0.5, 0.6) is 5.75 Å². The summed E-state index contributed by atoms with van der Waals surface area (Å²) in [7, 11) is -2.06. The molecule has 0 unspecified atom stereocenters. The van der Waals surface area contributed by atoms with Gasteiger partial charge in [0, 0.05) is 17.2 Å². The SMILES string of the molecule is CCOC(=O)/C=C/c1ccc2c(c1)C1=Cc3c(C)cccc3[C@@H](O[Si](C)(C)C(C)(C)C)[C@@H]1O2. The van der Waals surface area contributed by atoms with E-state index in [0.717, 1.165) is 22.4 Å². The number of esters is 1. The molecule has 33 heavy (non-hydrogen) atoms. The van der Waals surface area contributed by atoms with E-state index in [9.17, 15) is 4.79 Å². The number of fused-ring (bicyclic) bond motifs is 4. The van der Waals surface area contributed by atoms with E-state index in [2.05, 4.69) is 71.1 Å². The Morgan fingerprint density at radius 1 is 1.18 bits per heavy atom. The van der Waals surface area contributed by atoms with Gasteiger partial charge < -0.3 is 13.9 Å².